The zero-order valence-corrected chi connectivity index (χ0v) is 15.3. The first-order valence-electron chi connectivity index (χ1n) is 8.64. The molecule has 0 fully saturated rings. The lowest BCUT2D eigenvalue weighted by Gasteiger charge is -2.14. The highest BCUT2D eigenvalue weighted by atomic mass is 19.4. The van der Waals surface area contributed by atoms with E-state index in [1.165, 1.54) is 10.6 Å². The first-order chi connectivity index (χ1) is 13.4. The van der Waals surface area contributed by atoms with E-state index in [1.807, 2.05) is 0 Å². The molecule has 0 bridgehead atoms. The van der Waals surface area contributed by atoms with Gasteiger partial charge in [0, 0.05) is 30.4 Å². The molecule has 0 saturated heterocycles. The highest BCUT2D eigenvalue weighted by molar-refractivity contribution is 5.94. The van der Waals surface area contributed by atoms with E-state index in [2.05, 4.69) is 5.32 Å². The van der Waals surface area contributed by atoms with E-state index < -0.39 is 35.0 Å². The van der Waals surface area contributed by atoms with Gasteiger partial charge in [-0.1, -0.05) is 6.07 Å². The van der Waals surface area contributed by atoms with Crippen molar-refractivity contribution in [2.24, 2.45) is 0 Å². The molecule has 0 aliphatic rings. The lowest BCUT2D eigenvalue weighted by Crippen LogP contribution is -2.26. The van der Waals surface area contributed by atoms with E-state index in [1.54, 1.807) is 19.1 Å². The number of unbranched alkanes of at least 4 members (excludes halogenated alkanes) is 1. The number of hydrogen-bond acceptors (Lipinski definition) is 2. The Hall–Kier alpha value is -2.78. The van der Waals surface area contributed by atoms with Crippen LogP contribution in [-0.4, -0.2) is 17.0 Å². The van der Waals surface area contributed by atoms with Crippen molar-refractivity contribution < 1.29 is 31.1 Å². The maximum Gasteiger partial charge on any atom is 0.416 e. The molecule has 0 saturated carbocycles. The summed E-state index contributed by atoms with van der Waals surface area (Å²) in [5.41, 5.74) is -3.24. The first kappa shape index (κ1) is 22.5. The van der Waals surface area contributed by atoms with Crippen LogP contribution >= 0.6 is 0 Å². The highest BCUT2D eigenvalue weighted by Gasteiger charge is 2.37. The molecule has 2 rings (SSSR count). The van der Waals surface area contributed by atoms with Gasteiger partial charge in [-0.2, -0.15) is 26.3 Å². The van der Waals surface area contributed by atoms with Gasteiger partial charge in [-0.3, -0.25) is 9.59 Å². The second kappa shape index (κ2) is 8.71. The number of alkyl halides is 6. The average molecular weight is 420 g/mol. The van der Waals surface area contributed by atoms with Gasteiger partial charge in [0.1, 0.15) is 0 Å². The standard InChI is InChI=1S/C19H18F6N2O2/c1-12-5-4-6-16(28)27(12)8-3-2-7-26-17(29)13-9-14(18(20,21)22)11-15(10-13)19(23,24)25/h4-6,9-11H,2-3,7-8H2,1H3,(H,26,29). The fraction of sp³-hybridized carbons (Fsp3) is 0.368. The van der Waals surface area contributed by atoms with E-state index in [4.69, 9.17) is 0 Å². The van der Waals surface area contributed by atoms with Crippen LogP contribution in [0.25, 0.3) is 0 Å². The Balaban J connectivity index is 2.01. The summed E-state index contributed by atoms with van der Waals surface area (Å²) in [6.07, 6.45) is -9.16. The van der Waals surface area contributed by atoms with Crippen molar-refractivity contribution in [1.82, 2.24) is 9.88 Å². The summed E-state index contributed by atoms with van der Waals surface area (Å²) < 4.78 is 78.6. The van der Waals surface area contributed by atoms with Gasteiger partial charge in [-0.15, -0.1) is 0 Å². The predicted octanol–water partition coefficient (Wildman–Crippen LogP) is 4.40. The second-order valence-electron chi connectivity index (χ2n) is 6.41. The number of aromatic nitrogens is 1. The van der Waals surface area contributed by atoms with E-state index in [0.717, 1.165) is 5.69 Å². The number of rotatable bonds is 6. The van der Waals surface area contributed by atoms with E-state index in [9.17, 15) is 35.9 Å². The lowest BCUT2D eigenvalue weighted by atomic mass is 10.0. The van der Waals surface area contributed by atoms with Crippen LogP contribution in [0.15, 0.2) is 41.2 Å². The van der Waals surface area contributed by atoms with Gasteiger partial charge in [0.05, 0.1) is 11.1 Å². The molecule has 2 aromatic rings. The van der Waals surface area contributed by atoms with Crippen LogP contribution in [0.1, 0.15) is 40.0 Å². The smallest absolute Gasteiger partial charge is 0.352 e. The topological polar surface area (TPSA) is 51.1 Å². The largest absolute Gasteiger partial charge is 0.416 e. The van der Waals surface area contributed by atoms with Crippen molar-refractivity contribution >= 4 is 5.91 Å². The van der Waals surface area contributed by atoms with E-state index >= 15 is 0 Å². The first-order valence-corrected chi connectivity index (χ1v) is 8.64. The number of carbonyl (C=O) groups excluding carboxylic acids is 1. The minimum Gasteiger partial charge on any atom is -0.352 e. The fourth-order valence-electron chi connectivity index (χ4n) is 2.69. The Kier molecular flexibility index (Phi) is 6.76. The van der Waals surface area contributed by atoms with Crippen LogP contribution in [0.5, 0.6) is 0 Å². The summed E-state index contributed by atoms with van der Waals surface area (Å²) in [6.45, 7) is 2.18. The Morgan fingerprint density at radius 2 is 1.55 bits per heavy atom. The molecule has 0 spiro atoms. The lowest BCUT2D eigenvalue weighted by molar-refractivity contribution is -0.143. The van der Waals surface area contributed by atoms with Crippen molar-refractivity contribution in [2.45, 2.75) is 38.7 Å². The number of benzene rings is 1. The summed E-state index contributed by atoms with van der Waals surface area (Å²) in [6, 6.07) is 5.53. The summed E-state index contributed by atoms with van der Waals surface area (Å²) in [4.78, 5) is 23.8. The zero-order chi connectivity index (χ0) is 21.8. The van der Waals surface area contributed by atoms with Crippen LogP contribution < -0.4 is 10.9 Å². The number of nitrogens with one attached hydrogen (secondary N) is 1. The van der Waals surface area contributed by atoms with Crippen molar-refractivity contribution in [1.29, 1.82) is 0 Å². The second-order valence-corrected chi connectivity index (χ2v) is 6.41. The molecule has 0 radical (unpaired) electrons. The molecule has 4 nitrogen and oxygen atoms in total. The van der Waals surface area contributed by atoms with Crippen molar-refractivity contribution in [3.63, 3.8) is 0 Å². The monoisotopic (exact) mass is 420 g/mol. The molecular formula is C19H18F6N2O2. The molecule has 10 heteroatoms. The van der Waals surface area contributed by atoms with Crippen LogP contribution in [0.4, 0.5) is 26.3 Å². The molecule has 29 heavy (non-hydrogen) atoms. The molecule has 1 aromatic heterocycles. The van der Waals surface area contributed by atoms with Gasteiger partial charge in [0.25, 0.3) is 11.5 Å². The maximum absolute atomic E-state index is 12.9. The number of hydrogen-bond donors (Lipinski definition) is 1. The molecule has 1 aromatic carbocycles. The van der Waals surface area contributed by atoms with Gasteiger partial charge < -0.3 is 9.88 Å². The summed E-state index contributed by atoms with van der Waals surface area (Å²) in [7, 11) is 0. The van der Waals surface area contributed by atoms with Crippen LogP contribution in [-0.2, 0) is 18.9 Å². The van der Waals surface area contributed by atoms with Crippen molar-refractivity contribution in [3.05, 3.63) is 69.1 Å². The minimum absolute atomic E-state index is 0.0310. The number of carbonyl (C=O) groups is 1. The van der Waals surface area contributed by atoms with Crippen molar-refractivity contribution in [2.75, 3.05) is 6.54 Å². The third kappa shape index (κ3) is 6.10. The number of aryl methyl sites for hydroxylation is 1. The summed E-state index contributed by atoms with van der Waals surface area (Å²) in [5, 5.41) is 2.31. The van der Waals surface area contributed by atoms with E-state index in [0.29, 0.717) is 31.5 Å². The van der Waals surface area contributed by atoms with Crippen LogP contribution in [0, 0.1) is 6.92 Å². The third-order valence-electron chi connectivity index (χ3n) is 4.21. The van der Waals surface area contributed by atoms with Crippen molar-refractivity contribution in [3.8, 4) is 0 Å². The molecule has 0 aliphatic heterocycles. The minimum atomic E-state index is -5.02. The molecule has 0 atom stereocenters. The number of amides is 1. The summed E-state index contributed by atoms with van der Waals surface area (Å²) >= 11 is 0. The Labute approximate surface area is 162 Å². The Bertz CT molecular complexity index is 899. The molecule has 1 amide bonds. The van der Waals surface area contributed by atoms with Gasteiger partial charge in [-0.05, 0) is 44.0 Å². The number of nitrogens with zero attached hydrogens (tertiary/aromatic N) is 1. The van der Waals surface area contributed by atoms with Gasteiger partial charge in [0.15, 0.2) is 0 Å². The van der Waals surface area contributed by atoms with Gasteiger partial charge in [-0.25, -0.2) is 0 Å². The molecular weight excluding hydrogens is 402 g/mol. The van der Waals surface area contributed by atoms with Gasteiger partial charge >= 0.3 is 12.4 Å². The molecule has 1 N–H and O–H groups in total. The highest BCUT2D eigenvalue weighted by Crippen LogP contribution is 2.36. The molecule has 158 valence electrons. The molecule has 0 unspecified atom stereocenters. The van der Waals surface area contributed by atoms with E-state index in [-0.39, 0.29) is 18.2 Å². The summed E-state index contributed by atoms with van der Waals surface area (Å²) in [5.74, 6) is -1.03. The number of halogens is 6. The Morgan fingerprint density at radius 3 is 2.07 bits per heavy atom. The predicted molar refractivity (Wildman–Crippen MR) is 93.5 cm³/mol. The van der Waals surface area contributed by atoms with Gasteiger partial charge in [0.2, 0.25) is 0 Å². The fourth-order valence-corrected chi connectivity index (χ4v) is 2.69. The van der Waals surface area contributed by atoms with Crippen LogP contribution in [0.2, 0.25) is 0 Å². The quantitative estimate of drug-likeness (QED) is 0.556. The molecule has 1 heterocycles. The molecule has 0 aliphatic carbocycles. The number of pyridine rings is 1. The SMILES string of the molecule is Cc1cccc(=O)n1CCCCNC(=O)c1cc(C(F)(F)F)cc(C(F)(F)F)c1. The maximum atomic E-state index is 12.9. The zero-order valence-electron chi connectivity index (χ0n) is 15.3. The van der Waals surface area contributed by atoms with Crippen LogP contribution in [0.3, 0.4) is 0 Å². The Morgan fingerprint density at radius 1 is 0.966 bits per heavy atom. The normalized spacial score (nSPS) is 12.1. The average Bonchev–Trinajstić information content (AvgIpc) is 2.61. The third-order valence-corrected chi connectivity index (χ3v) is 4.21.